The summed E-state index contributed by atoms with van der Waals surface area (Å²) >= 11 is 2.07. The first-order valence-electron chi connectivity index (χ1n) is 17.2. The van der Waals surface area contributed by atoms with Crippen molar-refractivity contribution in [2.24, 2.45) is 5.16 Å². The van der Waals surface area contributed by atoms with E-state index in [4.69, 9.17) is 15.7 Å². The summed E-state index contributed by atoms with van der Waals surface area (Å²) in [5.74, 6) is -9.39. The van der Waals surface area contributed by atoms with Crippen LogP contribution < -0.4 is 16.5 Å². The van der Waals surface area contributed by atoms with E-state index in [1.165, 1.54) is 11.6 Å². The van der Waals surface area contributed by atoms with E-state index in [0.717, 1.165) is 46.9 Å². The molecule has 0 bridgehead atoms. The van der Waals surface area contributed by atoms with Gasteiger partial charge in [-0.05, 0) is 25.5 Å². The lowest BCUT2D eigenvalue weighted by Crippen LogP contribution is -2.71. The molecule has 4 heterocycles. The highest BCUT2D eigenvalue weighted by Gasteiger charge is 2.54. The highest BCUT2D eigenvalue weighted by molar-refractivity contribution is 8.00. The number of carbonyl (C=O) groups is 5. The van der Waals surface area contributed by atoms with Crippen LogP contribution in [0.15, 0.2) is 38.9 Å². The zero-order valence-electron chi connectivity index (χ0n) is 29.9. The number of nitrogens with one attached hydrogen (secondary N) is 1. The first-order chi connectivity index (χ1) is 26.6. The highest BCUT2D eigenvalue weighted by Crippen LogP contribution is 2.41. The fourth-order valence-electron chi connectivity index (χ4n) is 6.28. The molecular formula is C34H38FN7O12S2. The number of anilines is 1. The number of thiazole rings is 1. The fraction of sp³-hybridized carbons (Fsp3) is 0.412. The molecule has 2 aliphatic heterocycles. The topological polar surface area (TPSA) is 288 Å². The number of amides is 2. The number of phenolic OH excluding ortho intramolecular Hbond substituents is 2. The molecule has 0 radical (unpaired) electrons. The SMILES string of the molecule is CCCCCN(CC1=C(C(=O)O)N2C(=O)[C@@H](NC(=O)/C(=N\O[C@@H](CC(=O)O)C(=O)O)c3csc(N)n3)[C@H]2SC1)Cc1cn(CC)c2cc(O)c(O)c(F)c2c1=O. The molecule has 56 heavy (non-hydrogen) atoms. The zero-order valence-corrected chi connectivity index (χ0v) is 31.6. The lowest BCUT2D eigenvalue weighted by Gasteiger charge is -2.49. The van der Waals surface area contributed by atoms with Gasteiger partial charge >= 0.3 is 17.9 Å². The molecule has 3 aromatic rings. The third kappa shape index (κ3) is 8.55. The number of aromatic hydroxyl groups is 2. The number of rotatable bonds is 18. The summed E-state index contributed by atoms with van der Waals surface area (Å²) in [6.07, 6.45) is 0.893. The van der Waals surface area contributed by atoms with Gasteiger partial charge in [-0.15, -0.1) is 23.1 Å². The third-order valence-corrected chi connectivity index (χ3v) is 11.0. The van der Waals surface area contributed by atoms with E-state index >= 15 is 4.39 Å². The van der Waals surface area contributed by atoms with Gasteiger partial charge in [0.1, 0.15) is 22.8 Å². The van der Waals surface area contributed by atoms with Crippen LogP contribution in [0.4, 0.5) is 9.52 Å². The van der Waals surface area contributed by atoms with Gasteiger partial charge in [0.25, 0.3) is 11.8 Å². The lowest BCUT2D eigenvalue weighted by atomic mass is 10.0. The first-order valence-corrected chi connectivity index (χ1v) is 19.1. The van der Waals surface area contributed by atoms with Crippen molar-refractivity contribution in [3.8, 4) is 11.5 Å². The van der Waals surface area contributed by atoms with Crippen molar-refractivity contribution in [1.82, 2.24) is 24.7 Å². The Labute approximate surface area is 324 Å². The molecule has 1 aromatic carbocycles. The molecule has 3 atom stereocenters. The van der Waals surface area contributed by atoms with Gasteiger partial charge in [-0.3, -0.25) is 29.0 Å². The second-order valence-corrected chi connectivity index (χ2v) is 14.8. The average Bonchev–Trinajstić information content (AvgIpc) is 3.58. The fourth-order valence-corrected chi connectivity index (χ4v) is 8.16. The molecule has 2 aromatic heterocycles. The van der Waals surface area contributed by atoms with Gasteiger partial charge in [0.2, 0.25) is 6.10 Å². The zero-order chi connectivity index (χ0) is 41.0. The first kappa shape index (κ1) is 41.4. The van der Waals surface area contributed by atoms with Crippen LogP contribution in [0.2, 0.25) is 0 Å². The molecule has 2 aliphatic rings. The van der Waals surface area contributed by atoms with E-state index < -0.39 is 87.5 Å². The summed E-state index contributed by atoms with van der Waals surface area (Å²) in [5.41, 5.74) is 4.47. The van der Waals surface area contributed by atoms with E-state index in [9.17, 15) is 49.2 Å². The van der Waals surface area contributed by atoms with Crippen molar-refractivity contribution >= 4 is 74.6 Å². The summed E-state index contributed by atoms with van der Waals surface area (Å²) in [4.78, 5) is 87.7. The van der Waals surface area contributed by atoms with Gasteiger partial charge in [-0.2, -0.15) is 0 Å². The number of unbranched alkanes of at least 4 members (excludes halogenated alkanes) is 2. The van der Waals surface area contributed by atoms with Gasteiger partial charge < -0.3 is 46.0 Å². The van der Waals surface area contributed by atoms with Crippen molar-refractivity contribution < 1.29 is 58.7 Å². The van der Waals surface area contributed by atoms with E-state index in [-0.39, 0.29) is 53.0 Å². The Balaban J connectivity index is 1.41. The number of fused-ring (bicyclic) bond motifs is 2. The maximum atomic E-state index is 15.2. The van der Waals surface area contributed by atoms with Crippen molar-refractivity contribution in [2.75, 3.05) is 24.6 Å². The summed E-state index contributed by atoms with van der Waals surface area (Å²) in [7, 11) is 0. The number of hydrogen-bond donors (Lipinski definition) is 7. The highest BCUT2D eigenvalue weighted by atomic mass is 32.2. The molecule has 0 unspecified atom stereocenters. The number of hydrogen-bond acceptors (Lipinski definition) is 15. The number of nitrogens with two attached hydrogens (primary N) is 1. The number of nitrogen functional groups attached to an aromatic ring is 1. The number of carboxylic acids is 3. The van der Waals surface area contributed by atoms with E-state index in [0.29, 0.717) is 18.5 Å². The summed E-state index contributed by atoms with van der Waals surface area (Å²) in [6.45, 7) is 4.39. The van der Waals surface area contributed by atoms with Crippen LogP contribution in [0.3, 0.4) is 0 Å². The molecule has 5 rings (SSSR count). The molecule has 300 valence electrons. The Morgan fingerprint density at radius 1 is 1.16 bits per heavy atom. The van der Waals surface area contributed by atoms with Crippen LogP contribution in [0.5, 0.6) is 11.5 Å². The molecule has 1 fully saturated rings. The number of carboxylic acid groups (broad SMARTS) is 3. The van der Waals surface area contributed by atoms with Crippen LogP contribution in [0.1, 0.15) is 50.8 Å². The Morgan fingerprint density at radius 2 is 1.89 bits per heavy atom. The van der Waals surface area contributed by atoms with Gasteiger partial charge in [0, 0.05) is 48.6 Å². The number of phenols is 2. The number of halogens is 1. The number of aryl methyl sites for hydroxylation is 1. The minimum absolute atomic E-state index is 0.000729. The largest absolute Gasteiger partial charge is 0.504 e. The van der Waals surface area contributed by atoms with E-state index in [1.54, 1.807) is 11.5 Å². The Morgan fingerprint density at radius 3 is 2.50 bits per heavy atom. The molecule has 22 heteroatoms. The van der Waals surface area contributed by atoms with Crippen molar-refractivity contribution in [3.05, 3.63) is 56.2 Å². The van der Waals surface area contributed by atoms with E-state index in [2.05, 4.69) is 15.5 Å². The second kappa shape index (κ2) is 17.4. The van der Waals surface area contributed by atoms with Crippen LogP contribution in [0, 0.1) is 5.82 Å². The predicted molar refractivity (Wildman–Crippen MR) is 199 cm³/mol. The maximum absolute atomic E-state index is 15.2. The maximum Gasteiger partial charge on any atom is 0.352 e. The van der Waals surface area contributed by atoms with E-state index in [1.807, 2.05) is 11.8 Å². The number of thioether (sulfide) groups is 1. The quantitative estimate of drug-likeness (QED) is 0.0316. The molecule has 2 amide bonds. The number of nitrogens with zero attached hydrogens (tertiary/aromatic N) is 5. The number of pyridine rings is 1. The normalized spacial score (nSPS) is 17.5. The second-order valence-electron chi connectivity index (χ2n) is 12.8. The monoisotopic (exact) mass is 819 g/mol. The number of benzene rings is 1. The van der Waals surface area contributed by atoms with Crippen molar-refractivity contribution in [3.63, 3.8) is 0 Å². The van der Waals surface area contributed by atoms with Crippen LogP contribution in [0.25, 0.3) is 10.9 Å². The number of aliphatic carboxylic acids is 3. The average molecular weight is 820 g/mol. The number of β-lactam (4-membered cyclic amide) rings is 1. The Hall–Kier alpha value is -5.74. The summed E-state index contributed by atoms with van der Waals surface area (Å²) in [5, 5.41) is 54.8. The van der Waals surface area contributed by atoms with Gasteiger partial charge in [-0.1, -0.05) is 24.9 Å². The smallest absolute Gasteiger partial charge is 0.352 e. The van der Waals surface area contributed by atoms with Crippen LogP contribution in [-0.4, -0.2) is 117 Å². The Bertz CT molecular complexity index is 2210. The lowest BCUT2D eigenvalue weighted by molar-refractivity contribution is -0.156. The van der Waals surface area contributed by atoms with Crippen molar-refractivity contribution in [1.29, 1.82) is 0 Å². The number of oxime groups is 1. The summed E-state index contributed by atoms with van der Waals surface area (Å²) < 4.78 is 16.7. The van der Waals surface area contributed by atoms with Gasteiger partial charge in [0.15, 0.2) is 33.6 Å². The molecule has 0 aliphatic carbocycles. The molecule has 0 saturated carbocycles. The number of aromatic nitrogens is 2. The molecule has 1 saturated heterocycles. The standard InChI is InChI=1S/C34H38FN7O12S2/c1-3-5-6-7-40(10-15-12-41(4-2)18-8-19(43)28(47)23(35)22(18)27(15)46)11-16-13-55-31-25(30(49)42(31)26(16)33(52)53)38-29(48)24(17-14-56-34(36)37-17)39-54-20(32(50)51)9-21(44)45/h8,12,14,20,25,31,43,47H,3-7,9-11,13H2,1-2H3,(H2,36,37)(H,38,48)(H,44,45)(H,50,51)(H,52,53)/b39-24-/t20-,25+,31+/m0/s1. The predicted octanol–water partition coefficient (Wildman–Crippen LogP) is 1.69. The van der Waals surface area contributed by atoms with Crippen molar-refractivity contribution in [2.45, 2.75) is 70.1 Å². The van der Waals surface area contributed by atoms with Gasteiger partial charge in [-0.25, -0.2) is 19.0 Å². The Kier molecular flexibility index (Phi) is 12.9. The molecule has 19 nitrogen and oxygen atoms in total. The minimum Gasteiger partial charge on any atom is -0.504 e. The van der Waals surface area contributed by atoms with Crippen LogP contribution >= 0.6 is 23.1 Å². The van der Waals surface area contributed by atoms with Crippen LogP contribution in [-0.2, 0) is 41.9 Å². The minimum atomic E-state index is -1.97. The van der Waals surface area contributed by atoms with Gasteiger partial charge in [0.05, 0.1) is 17.3 Å². The molecule has 8 N–H and O–H groups in total. The molecule has 0 spiro atoms. The third-order valence-electron chi connectivity index (χ3n) is 8.99. The molecular weight excluding hydrogens is 782 g/mol. The number of carbonyl (C=O) groups excluding carboxylic acids is 2. The summed E-state index contributed by atoms with van der Waals surface area (Å²) in [6, 6.07) is -0.163.